The number of hydrogen-bond acceptors (Lipinski definition) is 2. The third-order valence-corrected chi connectivity index (χ3v) is 3.57. The summed E-state index contributed by atoms with van der Waals surface area (Å²) in [5.41, 5.74) is 2.45. The van der Waals surface area contributed by atoms with Crippen molar-refractivity contribution in [1.29, 1.82) is 0 Å². The summed E-state index contributed by atoms with van der Waals surface area (Å²) in [5, 5.41) is 3.28. The van der Waals surface area contributed by atoms with Crippen molar-refractivity contribution in [3.05, 3.63) is 54.6 Å². The molecule has 0 saturated heterocycles. The van der Waals surface area contributed by atoms with Crippen molar-refractivity contribution in [2.75, 3.05) is 13.7 Å². The van der Waals surface area contributed by atoms with Crippen LogP contribution < -0.4 is 10.1 Å². The normalized spacial score (nSPS) is 12.4. The van der Waals surface area contributed by atoms with Gasteiger partial charge in [0.15, 0.2) is 0 Å². The Morgan fingerprint density at radius 3 is 2.05 bits per heavy atom. The second kappa shape index (κ2) is 7.11. The fraction of sp³-hybridized carbons (Fsp3) is 0.333. The Kier molecular flexibility index (Phi) is 5.19. The van der Waals surface area contributed by atoms with E-state index in [9.17, 15) is 0 Å². The molecule has 0 fully saturated rings. The number of hydrogen-bond donors (Lipinski definition) is 1. The standard InChI is InChI=1S/C18H23NO/c1-14(2)18(19-3)13-20-17-11-9-16(10-12-17)15-7-5-4-6-8-15/h4-12,14,18-19H,13H2,1-3H3. The summed E-state index contributed by atoms with van der Waals surface area (Å²) in [4.78, 5) is 0. The minimum absolute atomic E-state index is 0.379. The molecule has 2 nitrogen and oxygen atoms in total. The first-order chi connectivity index (χ1) is 9.70. The Hall–Kier alpha value is -1.80. The highest BCUT2D eigenvalue weighted by Crippen LogP contribution is 2.22. The molecule has 2 rings (SSSR count). The second-order valence-electron chi connectivity index (χ2n) is 5.34. The molecular formula is C18H23NO. The number of nitrogens with one attached hydrogen (secondary N) is 1. The van der Waals surface area contributed by atoms with Crippen LogP contribution >= 0.6 is 0 Å². The van der Waals surface area contributed by atoms with Gasteiger partial charge in [-0.05, 0) is 36.2 Å². The van der Waals surface area contributed by atoms with Crippen molar-refractivity contribution >= 4 is 0 Å². The van der Waals surface area contributed by atoms with Gasteiger partial charge >= 0.3 is 0 Å². The summed E-state index contributed by atoms with van der Waals surface area (Å²) in [7, 11) is 1.98. The fourth-order valence-corrected chi connectivity index (χ4v) is 2.17. The van der Waals surface area contributed by atoms with Gasteiger partial charge in [0.05, 0.1) is 0 Å². The van der Waals surface area contributed by atoms with E-state index in [0.717, 1.165) is 5.75 Å². The number of ether oxygens (including phenoxy) is 1. The van der Waals surface area contributed by atoms with Crippen LogP contribution in [-0.2, 0) is 0 Å². The van der Waals surface area contributed by atoms with Crippen LogP contribution in [0, 0.1) is 5.92 Å². The van der Waals surface area contributed by atoms with E-state index in [-0.39, 0.29) is 0 Å². The lowest BCUT2D eigenvalue weighted by molar-refractivity contribution is 0.238. The topological polar surface area (TPSA) is 21.3 Å². The molecule has 1 atom stereocenters. The van der Waals surface area contributed by atoms with Crippen LogP contribution in [-0.4, -0.2) is 19.7 Å². The van der Waals surface area contributed by atoms with Gasteiger partial charge in [-0.1, -0.05) is 56.3 Å². The number of likely N-dealkylation sites (N-methyl/N-ethyl adjacent to an activating group) is 1. The zero-order valence-corrected chi connectivity index (χ0v) is 12.5. The van der Waals surface area contributed by atoms with E-state index < -0.39 is 0 Å². The van der Waals surface area contributed by atoms with Crippen LogP contribution in [0.2, 0.25) is 0 Å². The average Bonchev–Trinajstić information content (AvgIpc) is 2.49. The fourth-order valence-electron chi connectivity index (χ4n) is 2.17. The molecule has 0 saturated carbocycles. The van der Waals surface area contributed by atoms with E-state index in [1.807, 2.05) is 25.2 Å². The quantitative estimate of drug-likeness (QED) is 0.856. The van der Waals surface area contributed by atoms with E-state index >= 15 is 0 Å². The molecule has 0 heterocycles. The molecule has 0 aliphatic carbocycles. The first-order valence-electron chi connectivity index (χ1n) is 7.16. The van der Waals surface area contributed by atoms with Gasteiger partial charge in [-0.2, -0.15) is 0 Å². The Labute approximate surface area is 121 Å². The van der Waals surface area contributed by atoms with Gasteiger partial charge < -0.3 is 10.1 Å². The average molecular weight is 269 g/mol. The molecule has 1 unspecified atom stereocenters. The largest absolute Gasteiger partial charge is 0.492 e. The summed E-state index contributed by atoms with van der Waals surface area (Å²) in [6.07, 6.45) is 0. The first-order valence-corrected chi connectivity index (χ1v) is 7.16. The molecule has 2 aromatic carbocycles. The second-order valence-corrected chi connectivity index (χ2v) is 5.34. The van der Waals surface area contributed by atoms with Crippen LogP contribution in [0.25, 0.3) is 11.1 Å². The molecule has 0 aliphatic heterocycles. The smallest absolute Gasteiger partial charge is 0.119 e. The van der Waals surface area contributed by atoms with Crippen molar-refractivity contribution in [1.82, 2.24) is 5.32 Å². The number of benzene rings is 2. The third kappa shape index (κ3) is 3.84. The van der Waals surface area contributed by atoms with E-state index in [2.05, 4.69) is 55.6 Å². The van der Waals surface area contributed by atoms with E-state index in [4.69, 9.17) is 4.74 Å². The molecule has 0 bridgehead atoms. The van der Waals surface area contributed by atoms with Gasteiger partial charge in [-0.15, -0.1) is 0 Å². The Morgan fingerprint density at radius 1 is 0.900 bits per heavy atom. The monoisotopic (exact) mass is 269 g/mol. The highest BCUT2D eigenvalue weighted by Gasteiger charge is 2.11. The van der Waals surface area contributed by atoms with Crippen LogP contribution in [0.15, 0.2) is 54.6 Å². The molecule has 1 N–H and O–H groups in total. The number of rotatable bonds is 6. The van der Waals surface area contributed by atoms with Gasteiger partial charge in [0, 0.05) is 6.04 Å². The van der Waals surface area contributed by atoms with Crippen molar-refractivity contribution in [3.63, 3.8) is 0 Å². The summed E-state index contributed by atoms with van der Waals surface area (Å²) in [6, 6.07) is 19.0. The van der Waals surface area contributed by atoms with Crippen LogP contribution in [0.1, 0.15) is 13.8 Å². The van der Waals surface area contributed by atoms with Gasteiger partial charge in [0.2, 0.25) is 0 Å². The molecule has 2 heteroatoms. The maximum Gasteiger partial charge on any atom is 0.119 e. The lowest BCUT2D eigenvalue weighted by Gasteiger charge is -2.20. The summed E-state index contributed by atoms with van der Waals surface area (Å²) < 4.78 is 5.85. The van der Waals surface area contributed by atoms with Crippen LogP contribution in [0.4, 0.5) is 0 Å². The predicted molar refractivity (Wildman–Crippen MR) is 85.1 cm³/mol. The van der Waals surface area contributed by atoms with E-state index in [1.54, 1.807) is 0 Å². The highest BCUT2D eigenvalue weighted by atomic mass is 16.5. The lowest BCUT2D eigenvalue weighted by atomic mass is 10.1. The van der Waals surface area contributed by atoms with Gasteiger partial charge in [-0.3, -0.25) is 0 Å². The predicted octanol–water partition coefficient (Wildman–Crippen LogP) is 3.98. The van der Waals surface area contributed by atoms with E-state index in [1.165, 1.54) is 11.1 Å². The molecule has 0 aromatic heterocycles. The third-order valence-electron chi connectivity index (χ3n) is 3.57. The molecular weight excluding hydrogens is 246 g/mol. The highest BCUT2D eigenvalue weighted by molar-refractivity contribution is 5.63. The van der Waals surface area contributed by atoms with Crippen molar-refractivity contribution in [2.45, 2.75) is 19.9 Å². The van der Waals surface area contributed by atoms with E-state index in [0.29, 0.717) is 18.6 Å². The van der Waals surface area contributed by atoms with Gasteiger partial charge in [0.25, 0.3) is 0 Å². The molecule has 0 aliphatic rings. The molecule has 106 valence electrons. The molecule has 20 heavy (non-hydrogen) atoms. The summed E-state index contributed by atoms with van der Waals surface area (Å²) in [5.74, 6) is 1.48. The van der Waals surface area contributed by atoms with Gasteiger partial charge in [-0.25, -0.2) is 0 Å². The molecule has 0 spiro atoms. The van der Waals surface area contributed by atoms with Crippen LogP contribution in [0.3, 0.4) is 0 Å². The van der Waals surface area contributed by atoms with Crippen molar-refractivity contribution in [3.8, 4) is 16.9 Å². The van der Waals surface area contributed by atoms with Crippen LogP contribution in [0.5, 0.6) is 5.75 Å². The van der Waals surface area contributed by atoms with Crippen molar-refractivity contribution in [2.24, 2.45) is 5.92 Å². The first kappa shape index (κ1) is 14.6. The van der Waals surface area contributed by atoms with Gasteiger partial charge in [0.1, 0.15) is 12.4 Å². The zero-order chi connectivity index (χ0) is 14.4. The molecule has 2 aromatic rings. The lowest BCUT2D eigenvalue weighted by Crippen LogP contribution is -2.36. The zero-order valence-electron chi connectivity index (χ0n) is 12.5. The Morgan fingerprint density at radius 2 is 1.50 bits per heavy atom. The minimum Gasteiger partial charge on any atom is -0.492 e. The summed E-state index contributed by atoms with van der Waals surface area (Å²) in [6.45, 7) is 5.09. The summed E-state index contributed by atoms with van der Waals surface area (Å²) >= 11 is 0. The maximum atomic E-state index is 5.85. The maximum absolute atomic E-state index is 5.85. The molecule has 0 radical (unpaired) electrons. The molecule has 0 amide bonds. The SMILES string of the molecule is CNC(COc1ccc(-c2ccccc2)cc1)C(C)C. The Bertz CT molecular complexity index is 505. The Balaban J connectivity index is 1.99. The minimum atomic E-state index is 0.379. The van der Waals surface area contributed by atoms with Crippen molar-refractivity contribution < 1.29 is 4.74 Å².